The number of hydrogen-bond donors (Lipinski definition) is 1. The topological polar surface area (TPSA) is 42.0 Å². The molecule has 0 fully saturated rings. The molecule has 2 aromatic rings. The van der Waals surface area contributed by atoms with Crippen LogP contribution in [0.1, 0.15) is 33.9 Å². The van der Waals surface area contributed by atoms with E-state index < -0.39 is 17.8 Å². The predicted molar refractivity (Wildman–Crippen MR) is 86.0 cm³/mol. The summed E-state index contributed by atoms with van der Waals surface area (Å²) in [5, 5.41) is 3.01. The number of pyridine rings is 1. The number of halogens is 3. The van der Waals surface area contributed by atoms with E-state index in [2.05, 4.69) is 10.3 Å². The maximum atomic E-state index is 12.5. The Bertz CT molecular complexity index is 749. The Morgan fingerprint density at radius 3 is 2.83 bits per heavy atom. The zero-order chi connectivity index (χ0) is 17.2. The van der Waals surface area contributed by atoms with Gasteiger partial charge in [-0.1, -0.05) is 36.0 Å². The average Bonchev–Trinajstić information content (AvgIpc) is 2.96. The second-order valence-corrected chi connectivity index (χ2v) is 6.49. The molecule has 1 aliphatic carbocycles. The van der Waals surface area contributed by atoms with Crippen molar-refractivity contribution >= 4 is 17.7 Å². The lowest BCUT2D eigenvalue weighted by atomic mass is 10.1. The number of hydrogen-bond acceptors (Lipinski definition) is 3. The molecule has 0 saturated heterocycles. The Labute approximate surface area is 141 Å². The summed E-state index contributed by atoms with van der Waals surface area (Å²) in [5.74, 6) is -1.47. The first kappa shape index (κ1) is 16.8. The van der Waals surface area contributed by atoms with Gasteiger partial charge in [0.1, 0.15) is 5.03 Å². The van der Waals surface area contributed by atoms with Crippen molar-refractivity contribution in [3.05, 3.63) is 59.3 Å². The molecule has 1 atom stereocenters. The summed E-state index contributed by atoms with van der Waals surface area (Å²) in [6.45, 7) is 0. The Balaban J connectivity index is 1.74. The number of amides is 1. The van der Waals surface area contributed by atoms with E-state index in [1.807, 2.05) is 24.3 Å². The number of benzene rings is 1. The van der Waals surface area contributed by atoms with Gasteiger partial charge in [-0.05, 0) is 36.1 Å². The van der Waals surface area contributed by atoms with E-state index in [9.17, 15) is 18.0 Å². The van der Waals surface area contributed by atoms with E-state index in [0.29, 0.717) is 11.8 Å². The van der Waals surface area contributed by atoms with Crippen LogP contribution in [0.15, 0.2) is 47.6 Å². The van der Waals surface area contributed by atoms with Crippen molar-refractivity contribution in [2.45, 2.75) is 30.1 Å². The van der Waals surface area contributed by atoms with E-state index in [4.69, 9.17) is 0 Å². The number of rotatable bonds is 4. The highest BCUT2D eigenvalue weighted by Gasteiger charge is 2.29. The molecular weight excluding hydrogens is 337 g/mol. The van der Waals surface area contributed by atoms with Gasteiger partial charge in [0.15, 0.2) is 0 Å². The largest absolute Gasteiger partial charge is 0.398 e. The number of carbonyl (C=O) groups is 1. The predicted octanol–water partition coefficient (Wildman–Crippen LogP) is 4.15. The minimum atomic E-state index is -4.31. The van der Waals surface area contributed by atoms with Crippen molar-refractivity contribution in [1.82, 2.24) is 10.3 Å². The molecule has 0 bridgehead atoms. The standard InChI is InChI=1S/C17H15F3N2OS/c18-17(19,20)10-24-16-13(6-3-9-21-16)15(23)22-14-8-7-11-4-1-2-5-12(11)14/h1-6,9,14H,7-8,10H2,(H,22,23)/t14-/m1/s1. The van der Waals surface area contributed by atoms with Crippen LogP contribution in [-0.4, -0.2) is 22.8 Å². The number of aromatic nitrogens is 1. The lowest BCUT2D eigenvalue weighted by Gasteiger charge is -2.15. The zero-order valence-electron chi connectivity index (χ0n) is 12.6. The maximum absolute atomic E-state index is 12.5. The van der Waals surface area contributed by atoms with E-state index in [1.54, 1.807) is 6.07 Å². The lowest BCUT2D eigenvalue weighted by molar-refractivity contribution is -0.105. The summed E-state index contributed by atoms with van der Waals surface area (Å²) in [7, 11) is 0. The molecule has 24 heavy (non-hydrogen) atoms. The van der Waals surface area contributed by atoms with Gasteiger partial charge in [-0.25, -0.2) is 4.98 Å². The molecule has 0 spiro atoms. The van der Waals surface area contributed by atoms with Crippen molar-refractivity contribution in [2.75, 3.05) is 5.75 Å². The number of nitrogens with one attached hydrogen (secondary N) is 1. The number of nitrogens with zero attached hydrogens (tertiary/aromatic N) is 1. The molecule has 1 N–H and O–H groups in total. The highest BCUT2D eigenvalue weighted by atomic mass is 32.2. The lowest BCUT2D eigenvalue weighted by Crippen LogP contribution is -2.28. The Kier molecular flexibility index (Phi) is 4.80. The molecule has 126 valence electrons. The third-order valence-corrected chi connectivity index (χ3v) is 4.90. The summed E-state index contributed by atoms with van der Waals surface area (Å²) in [5.41, 5.74) is 2.44. The van der Waals surface area contributed by atoms with Gasteiger partial charge < -0.3 is 5.32 Å². The van der Waals surface area contributed by atoms with Gasteiger partial charge in [-0.3, -0.25) is 4.79 Å². The Morgan fingerprint density at radius 1 is 1.25 bits per heavy atom. The minimum absolute atomic E-state index is 0.0959. The number of fused-ring (bicyclic) bond motifs is 1. The van der Waals surface area contributed by atoms with Crippen molar-refractivity contribution in [3.63, 3.8) is 0 Å². The molecular formula is C17H15F3N2OS. The van der Waals surface area contributed by atoms with Crippen LogP contribution in [0.4, 0.5) is 13.2 Å². The van der Waals surface area contributed by atoms with E-state index in [1.165, 1.54) is 17.8 Å². The van der Waals surface area contributed by atoms with Crippen LogP contribution < -0.4 is 5.32 Å². The Morgan fingerprint density at radius 2 is 2.04 bits per heavy atom. The number of carbonyl (C=O) groups excluding carboxylic acids is 1. The number of aryl methyl sites for hydroxylation is 1. The zero-order valence-corrected chi connectivity index (χ0v) is 13.5. The first-order valence-corrected chi connectivity index (χ1v) is 8.46. The summed E-state index contributed by atoms with van der Waals surface area (Å²) >= 11 is 0.529. The van der Waals surface area contributed by atoms with Crippen LogP contribution in [0.2, 0.25) is 0 Å². The summed E-state index contributed by atoms with van der Waals surface area (Å²) in [6, 6.07) is 10.8. The molecule has 1 aromatic carbocycles. The number of thioether (sulfide) groups is 1. The molecule has 7 heteroatoms. The van der Waals surface area contributed by atoms with Gasteiger partial charge in [0, 0.05) is 6.20 Å². The Hall–Kier alpha value is -2.02. The third-order valence-electron chi connectivity index (χ3n) is 3.83. The second kappa shape index (κ2) is 6.84. The molecule has 0 aliphatic heterocycles. The first-order chi connectivity index (χ1) is 11.4. The van der Waals surface area contributed by atoms with Crippen LogP contribution >= 0.6 is 11.8 Å². The van der Waals surface area contributed by atoms with E-state index in [-0.39, 0.29) is 16.6 Å². The normalized spacial score (nSPS) is 16.7. The monoisotopic (exact) mass is 352 g/mol. The summed E-state index contributed by atoms with van der Waals surface area (Å²) in [4.78, 5) is 16.4. The fourth-order valence-corrected chi connectivity index (χ4v) is 3.52. The van der Waals surface area contributed by atoms with Crippen LogP contribution in [0.5, 0.6) is 0 Å². The smallest absolute Gasteiger partial charge is 0.345 e. The van der Waals surface area contributed by atoms with Gasteiger partial charge in [0.2, 0.25) is 0 Å². The van der Waals surface area contributed by atoms with Crippen molar-refractivity contribution < 1.29 is 18.0 Å². The van der Waals surface area contributed by atoms with Crippen LogP contribution in [-0.2, 0) is 6.42 Å². The molecule has 0 saturated carbocycles. The molecule has 1 heterocycles. The molecule has 3 nitrogen and oxygen atoms in total. The molecule has 0 radical (unpaired) electrons. The highest BCUT2D eigenvalue weighted by Crippen LogP contribution is 2.32. The molecule has 3 rings (SSSR count). The van der Waals surface area contributed by atoms with Crippen LogP contribution in [0.3, 0.4) is 0 Å². The first-order valence-electron chi connectivity index (χ1n) is 7.47. The maximum Gasteiger partial charge on any atom is 0.398 e. The van der Waals surface area contributed by atoms with Crippen molar-refractivity contribution in [3.8, 4) is 0 Å². The van der Waals surface area contributed by atoms with Gasteiger partial charge in [-0.2, -0.15) is 13.2 Å². The fourth-order valence-electron chi connectivity index (χ4n) is 2.77. The van der Waals surface area contributed by atoms with Gasteiger partial charge >= 0.3 is 6.18 Å². The minimum Gasteiger partial charge on any atom is -0.345 e. The quantitative estimate of drug-likeness (QED) is 0.841. The fraction of sp³-hybridized carbons (Fsp3) is 0.294. The summed E-state index contributed by atoms with van der Waals surface area (Å²) in [6.07, 6.45) is -1.25. The molecule has 1 aliphatic rings. The molecule has 0 unspecified atom stereocenters. The summed E-state index contributed by atoms with van der Waals surface area (Å²) < 4.78 is 37.3. The molecule has 1 aromatic heterocycles. The third kappa shape index (κ3) is 3.90. The molecule has 1 amide bonds. The van der Waals surface area contributed by atoms with Crippen molar-refractivity contribution in [2.24, 2.45) is 0 Å². The van der Waals surface area contributed by atoms with Crippen LogP contribution in [0.25, 0.3) is 0 Å². The van der Waals surface area contributed by atoms with E-state index >= 15 is 0 Å². The van der Waals surface area contributed by atoms with E-state index in [0.717, 1.165) is 18.4 Å². The second-order valence-electron chi connectivity index (χ2n) is 5.52. The SMILES string of the molecule is O=C(N[C@@H]1CCc2ccccc21)c1cccnc1SCC(F)(F)F. The van der Waals surface area contributed by atoms with Crippen LogP contribution in [0, 0.1) is 0 Å². The highest BCUT2D eigenvalue weighted by molar-refractivity contribution is 7.99. The average molecular weight is 352 g/mol. The van der Waals surface area contributed by atoms with Gasteiger partial charge in [0.05, 0.1) is 17.4 Å². The van der Waals surface area contributed by atoms with Gasteiger partial charge in [-0.15, -0.1) is 0 Å². The number of alkyl halides is 3. The van der Waals surface area contributed by atoms with Gasteiger partial charge in [0.25, 0.3) is 5.91 Å². The van der Waals surface area contributed by atoms with Crippen molar-refractivity contribution in [1.29, 1.82) is 0 Å².